The number of halogens is 3. The SMILES string of the molecule is NCC(=O)NCC(=O)N[C@@H](Cc1cnc[nH]1)C(=O)O.O=C(O)C(F)(F)F. The lowest BCUT2D eigenvalue weighted by atomic mass is 10.1. The number of nitrogens with one attached hydrogen (secondary N) is 3. The van der Waals surface area contributed by atoms with Gasteiger partial charge in [-0.15, -0.1) is 0 Å². The second-order valence-electron chi connectivity index (χ2n) is 4.52. The van der Waals surface area contributed by atoms with Crippen LogP contribution in [0.1, 0.15) is 5.69 Å². The van der Waals surface area contributed by atoms with E-state index in [4.69, 9.17) is 20.7 Å². The van der Waals surface area contributed by atoms with E-state index in [2.05, 4.69) is 20.6 Å². The minimum absolute atomic E-state index is 0.0753. The second-order valence-corrected chi connectivity index (χ2v) is 4.52. The highest BCUT2D eigenvalue weighted by atomic mass is 19.4. The number of carbonyl (C=O) groups excluding carboxylic acids is 2. The van der Waals surface area contributed by atoms with E-state index < -0.39 is 36.0 Å². The number of hydrogen-bond donors (Lipinski definition) is 6. The fourth-order valence-electron chi connectivity index (χ4n) is 1.31. The Kier molecular flexibility index (Phi) is 9.36. The highest BCUT2D eigenvalue weighted by molar-refractivity contribution is 5.88. The number of aromatic nitrogens is 2. The Labute approximate surface area is 143 Å². The summed E-state index contributed by atoms with van der Waals surface area (Å²) in [6.07, 6.45) is -2.12. The standard InChI is InChI=1S/C10H15N5O4.C2HF3O2/c11-2-8(16)13-4-9(17)15-7(10(18)19)1-6-3-12-5-14-6;3-2(4,5)1(6)7/h3,5,7H,1-2,4,11H2,(H,12,14)(H,13,16)(H,15,17)(H,18,19);(H,6,7)/t7-;/m0./s1. The highest BCUT2D eigenvalue weighted by Gasteiger charge is 2.38. The number of rotatable bonds is 7. The quantitative estimate of drug-likeness (QED) is 0.319. The molecule has 1 aromatic rings. The third-order valence-electron chi connectivity index (χ3n) is 2.49. The van der Waals surface area contributed by atoms with E-state index in [1.165, 1.54) is 12.5 Å². The van der Waals surface area contributed by atoms with Gasteiger partial charge in [-0.05, 0) is 0 Å². The van der Waals surface area contributed by atoms with E-state index in [9.17, 15) is 27.6 Å². The van der Waals surface area contributed by atoms with Crippen LogP contribution >= 0.6 is 0 Å². The number of nitrogens with zero attached hydrogens (tertiary/aromatic N) is 1. The Morgan fingerprint density at radius 1 is 1.23 bits per heavy atom. The number of alkyl halides is 3. The summed E-state index contributed by atoms with van der Waals surface area (Å²) in [4.78, 5) is 48.7. The van der Waals surface area contributed by atoms with Gasteiger partial charge < -0.3 is 31.6 Å². The summed E-state index contributed by atoms with van der Waals surface area (Å²) >= 11 is 0. The van der Waals surface area contributed by atoms with Crippen molar-refractivity contribution in [3.8, 4) is 0 Å². The van der Waals surface area contributed by atoms with Crippen LogP contribution in [0.4, 0.5) is 13.2 Å². The Morgan fingerprint density at radius 3 is 2.19 bits per heavy atom. The number of carboxylic acid groups (broad SMARTS) is 2. The predicted octanol–water partition coefficient (Wildman–Crippen LogP) is -1.77. The van der Waals surface area contributed by atoms with Gasteiger partial charge in [0.2, 0.25) is 11.8 Å². The lowest BCUT2D eigenvalue weighted by Gasteiger charge is -2.13. The molecule has 1 aromatic heterocycles. The molecule has 0 aliphatic rings. The predicted molar refractivity (Wildman–Crippen MR) is 77.6 cm³/mol. The van der Waals surface area contributed by atoms with Crippen molar-refractivity contribution in [2.45, 2.75) is 18.6 Å². The largest absolute Gasteiger partial charge is 0.490 e. The summed E-state index contributed by atoms with van der Waals surface area (Å²) in [5, 5.41) is 20.7. The highest BCUT2D eigenvalue weighted by Crippen LogP contribution is 2.13. The molecule has 146 valence electrons. The van der Waals surface area contributed by atoms with Gasteiger partial charge in [0.15, 0.2) is 0 Å². The van der Waals surface area contributed by atoms with Crippen LogP contribution in [0.15, 0.2) is 12.5 Å². The summed E-state index contributed by atoms with van der Waals surface area (Å²) in [5.41, 5.74) is 5.63. The maximum atomic E-state index is 11.5. The molecule has 14 heteroatoms. The first-order chi connectivity index (χ1) is 12.0. The third kappa shape index (κ3) is 9.86. The molecule has 0 bridgehead atoms. The zero-order chi connectivity index (χ0) is 20.3. The van der Waals surface area contributed by atoms with Crippen LogP contribution in [0.3, 0.4) is 0 Å². The monoisotopic (exact) mass is 383 g/mol. The molecule has 0 unspecified atom stereocenters. The van der Waals surface area contributed by atoms with Crippen molar-refractivity contribution >= 4 is 23.8 Å². The van der Waals surface area contributed by atoms with Crippen LogP contribution in [-0.2, 0) is 25.6 Å². The van der Waals surface area contributed by atoms with Crippen molar-refractivity contribution in [3.63, 3.8) is 0 Å². The Hall–Kier alpha value is -3.16. The summed E-state index contributed by atoms with van der Waals surface area (Å²) in [6, 6.07) is -1.09. The molecular weight excluding hydrogens is 367 g/mol. The number of H-pyrrole nitrogens is 1. The van der Waals surface area contributed by atoms with E-state index in [1.54, 1.807) is 0 Å². The average molecular weight is 383 g/mol. The van der Waals surface area contributed by atoms with Gasteiger partial charge in [0.05, 0.1) is 19.4 Å². The molecule has 1 rings (SSSR count). The molecule has 2 amide bonds. The lowest BCUT2D eigenvalue weighted by molar-refractivity contribution is -0.192. The van der Waals surface area contributed by atoms with Crippen LogP contribution in [0, 0.1) is 0 Å². The van der Waals surface area contributed by atoms with E-state index in [0.29, 0.717) is 5.69 Å². The number of carbonyl (C=O) groups is 4. The molecule has 0 radical (unpaired) electrons. The maximum absolute atomic E-state index is 11.5. The van der Waals surface area contributed by atoms with Crippen LogP contribution in [-0.4, -0.2) is 69.2 Å². The van der Waals surface area contributed by atoms with Crippen LogP contribution in [0.25, 0.3) is 0 Å². The maximum Gasteiger partial charge on any atom is 0.490 e. The molecule has 0 spiro atoms. The minimum Gasteiger partial charge on any atom is -0.480 e. The first-order valence-electron chi connectivity index (χ1n) is 6.73. The third-order valence-corrected chi connectivity index (χ3v) is 2.49. The number of aromatic amines is 1. The Balaban J connectivity index is 0.000000758. The zero-order valence-corrected chi connectivity index (χ0v) is 13.0. The van der Waals surface area contributed by atoms with Gasteiger partial charge in [-0.3, -0.25) is 9.59 Å². The van der Waals surface area contributed by atoms with Crippen LogP contribution in [0.2, 0.25) is 0 Å². The fraction of sp³-hybridized carbons (Fsp3) is 0.417. The van der Waals surface area contributed by atoms with Gasteiger partial charge in [-0.25, -0.2) is 14.6 Å². The lowest BCUT2D eigenvalue weighted by Crippen LogP contribution is -2.47. The summed E-state index contributed by atoms with van der Waals surface area (Å²) in [6.45, 7) is -0.549. The van der Waals surface area contributed by atoms with Gasteiger partial charge in [0, 0.05) is 18.3 Å². The number of hydrogen-bond acceptors (Lipinski definition) is 6. The zero-order valence-electron chi connectivity index (χ0n) is 13.0. The molecule has 1 heterocycles. The van der Waals surface area contributed by atoms with Gasteiger partial charge in [-0.1, -0.05) is 0 Å². The van der Waals surface area contributed by atoms with Crippen molar-refractivity contribution in [1.82, 2.24) is 20.6 Å². The molecule has 0 aliphatic carbocycles. The average Bonchev–Trinajstić information content (AvgIpc) is 3.04. The first-order valence-corrected chi connectivity index (χ1v) is 6.73. The molecule has 0 fully saturated rings. The molecule has 0 aromatic carbocycles. The minimum atomic E-state index is -5.08. The van der Waals surface area contributed by atoms with Gasteiger partial charge in [0.25, 0.3) is 0 Å². The molecule has 0 saturated carbocycles. The van der Waals surface area contributed by atoms with E-state index in [-0.39, 0.29) is 19.5 Å². The van der Waals surface area contributed by atoms with Crippen molar-refractivity contribution in [2.75, 3.05) is 13.1 Å². The number of nitrogens with two attached hydrogens (primary N) is 1. The number of aliphatic carboxylic acids is 2. The summed E-state index contributed by atoms with van der Waals surface area (Å²) in [7, 11) is 0. The van der Waals surface area contributed by atoms with Crippen molar-refractivity contribution in [1.29, 1.82) is 0 Å². The molecule has 11 nitrogen and oxygen atoms in total. The van der Waals surface area contributed by atoms with Crippen LogP contribution in [0.5, 0.6) is 0 Å². The van der Waals surface area contributed by atoms with Gasteiger partial charge in [0.1, 0.15) is 6.04 Å². The van der Waals surface area contributed by atoms with E-state index in [0.717, 1.165) is 0 Å². The normalized spacial score (nSPS) is 11.5. The topological polar surface area (TPSA) is 187 Å². The van der Waals surface area contributed by atoms with Crippen molar-refractivity contribution in [3.05, 3.63) is 18.2 Å². The van der Waals surface area contributed by atoms with Gasteiger partial charge >= 0.3 is 18.1 Å². The van der Waals surface area contributed by atoms with Crippen LogP contribution < -0.4 is 16.4 Å². The first kappa shape index (κ1) is 22.8. The number of amides is 2. The molecule has 0 aliphatic heterocycles. The molecule has 1 atom stereocenters. The number of carboxylic acids is 2. The summed E-state index contributed by atoms with van der Waals surface area (Å²) < 4.78 is 31.7. The fourth-order valence-corrected chi connectivity index (χ4v) is 1.31. The molecule has 26 heavy (non-hydrogen) atoms. The van der Waals surface area contributed by atoms with Crippen molar-refractivity contribution in [2.24, 2.45) is 5.73 Å². The Bertz CT molecular complexity index is 619. The molecule has 0 saturated heterocycles. The van der Waals surface area contributed by atoms with E-state index >= 15 is 0 Å². The van der Waals surface area contributed by atoms with Gasteiger partial charge in [-0.2, -0.15) is 13.2 Å². The second kappa shape index (κ2) is 10.7. The molecular formula is C12H16F3N5O6. The van der Waals surface area contributed by atoms with E-state index in [1.807, 2.05) is 0 Å². The van der Waals surface area contributed by atoms with Crippen molar-refractivity contribution < 1.29 is 42.6 Å². The smallest absolute Gasteiger partial charge is 0.480 e. The number of imidazole rings is 1. The summed E-state index contributed by atoms with van der Waals surface area (Å²) in [5.74, 6) is -5.02. The Morgan fingerprint density at radius 2 is 1.81 bits per heavy atom. The molecule has 7 N–H and O–H groups in total.